The molecule has 1 aliphatic heterocycles. The Kier molecular flexibility index (Phi) is 9.38. The number of aryl methyl sites for hydroxylation is 2. The van der Waals surface area contributed by atoms with Gasteiger partial charge in [0.15, 0.2) is 0 Å². The summed E-state index contributed by atoms with van der Waals surface area (Å²) in [5.41, 5.74) is 3.90. The molecule has 0 saturated carbocycles. The van der Waals surface area contributed by atoms with Crippen LogP contribution in [0.2, 0.25) is 0 Å². The van der Waals surface area contributed by atoms with Crippen molar-refractivity contribution in [1.29, 1.82) is 0 Å². The van der Waals surface area contributed by atoms with E-state index in [9.17, 15) is 18.0 Å². The molecular weight excluding hydrogens is 531 g/mol. The van der Waals surface area contributed by atoms with Gasteiger partial charge in [-0.1, -0.05) is 0 Å². The van der Waals surface area contributed by atoms with E-state index in [4.69, 9.17) is 0 Å². The number of likely N-dealkylation sites (tertiary alicyclic amines) is 1. The van der Waals surface area contributed by atoms with E-state index in [0.29, 0.717) is 19.1 Å². The molecule has 0 bridgehead atoms. The van der Waals surface area contributed by atoms with Gasteiger partial charge in [-0.25, -0.2) is 0 Å². The van der Waals surface area contributed by atoms with Gasteiger partial charge in [0, 0.05) is 48.8 Å². The van der Waals surface area contributed by atoms with E-state index in [-0.39, 0.29) is 17.7 Å². The Hall–Kier alpha value is -2.56. The average molecular weight is 566 g/mol. The molecule has 0 unspecified atom stereocenters. The van der Waals surface area contributed by atoms with Gasteiger partial charge in [-0.3, -0.25) is 4.79 Å². The van der Waals surface area contributed by atoms with Crippen LogP contribution >= 0.6 is 22.7 Å². The molecule has 1 saturated heterocycles. The van der Waals surface area contributed by atoms with Crippen LogP contribution < -0.4 is 15.0 Å². The summed E-state index contributed by atoms with van der Waals surface area (Å²) in [4.78, 5) is 18.4. The lowest BCUT2D eigenvalue weighted by Gasteiger charge is -2.42. The molecule has 0 aliphatic carbocycles. The standard InChI is InChI=1S/C28H34F3N3O2S2/c1-19-17-38-21(3)26(19)27(35)32-12-8-20(2)33-13-9-24(10-14-33)34(16-22-11-15-37-18-22)23-4-6-25(7-5-23)36-28(29,30)31/h4-7,11,15,17-18,20,24H,8-10,12-14,16H2,1-3H3,(H,32,35)/t20-/m1/s1. The number of amides is 1. The van der Waals surface area contributed by atoms with Crippen LogP contribution in [0.3, 0.4) is 0 Å². The summed E-state index contributed by atoms with van der Waals surface area (Å²) in [6.45, 7) is 9.34. The molecule has 1 N–H and O–H groups in total. The third kappa shape index (κ3) is 7.51. The summed E-state index contributed by atoms with van der Waals surface area (Å²) in [5, 5.41) is 9.25. The Morgan fingerprint density at radius 2 is 1.87 bits per heavy atom. The van der Waals surface area contributed by atoms with Crippen molar-refractivity contribution in [3.05, 3.63) is 68.0 Å². The molecule has 38 heavy (non-hydrogen) atoms. The van der Waals surface area contributed by atoms with Gasteiger partial charge in [-0.05, 0) is 97.6 Å². The quantitative estimate of drug-likeness (QED) is 0.287. The minimum Gasteiger partial charge on any atom is -0.406 e. The fourth-order valence-electron chi connectivity index (χ4n) is 5.06. The SMILES string of the molecule is Cc1csc(C)c1C(=O)NCC[C@@H](C)N1CCC(N(Cc2ccsc2)c2ccc(OC(F)(F)F)cc2)CC1. The molecule has 1 aromatic carbocycles. The number of anilines is 1. The zero-order chi connectivity index (χ0) is 27.3. The molecular formula is C28H34F3N3O2S2. The summed E-state index contributed by atoms with van der Waals surface area (Å²) < 4.78 is 41.9. The van der Waals surface area contributed by atoms with Gasteiger partial charge in [0.05, 0.1) is 5.56 Å². The maximum atomic E-state index is 12.6. The van der Waals surface area contributed by atoms with Crippen LogP contribution in [-0.4, -0.2) is 48.9 Å². The van der Waals surface area contributed by atoms with Crippen LogP contribution in [0.5, 0.6) is 5.75 Å². The normalized spacial score (nSPS) is 15.8. The van der Waals surface area contributed by atoms with Gasteiger partial charge in [0.2, 0.25) is 0 Å². The number of ether oxygens (including phenoxy) is 1. The summed E-state index contributed by atoms with van der Waals surface area (Å²) >= 11 is 3.24. The lowest BCUT2D eigenvalue weighted by Crippen LogP contribution is -2.48. The first-order valence-electron chi connectivity index (χ1n) is 12.8. The molecule has 2 aromatic heterocycles. The molecule has 1 amide bonds. The second-order valence-corrected chi connectivity index (χ2v) is 11.7. The number of carbonyl (C=O) groups is 1. The molecule has 1 aliphatic rings. The maximum absolute atomic E-state index is 12.6. The van der Waals surface area contributed by atoms with E-state index >= 15 is 0 Å². The first kappa shape index (κ1) is 28.4. The van der Waals surface area contributed by atoms with Crippen LogP contribution in [0.4, 0.5) is 18.9 Å². The van der Waals surface area contributed by atoms with E-state index < -0.39 is 6.36 Å². The van der Waals surface area contributed by atoms with Crippen molar-refractivity contribution >= 4 is 34.3 Å². The highest BCUT2D eigenvalue weighted by molar-refractivity contribution is 7.10. The monoisotopic (exact) mass is 565 g/mol. The Bertz CT molecular complexity index is 1150. The summed E-state index contributed by atoms with van der Waals surface area (Å²) in [6, 6.07) is 8.89. The number of halogens is 3. The lowest BCUT2D eigenvalue weighted by molar-refractivity contribution is -0.274. The number of carbonyl (C=O) groups excluding carboxylic acids is 1. The molecule has 5 nitrogen and oxygen atoms in total. The van der Waals surface area contributed by atoms with Crippen molar-refractivity contribution < 1.29 is 22.7 Å². The minimum atomic E-state index is -4.70. The van der Waals surface area contributed by atoms with Crippen molar-refractivity contribution in [3.63, 3.8) is 0 Å². The number of benzene rings is 1. The molecule has 0 radical (unpaired) electrons. The fraction of sp³-hybridized carbons (Fsp3) is 0.464. The van der Waals surface area contributed by atoms with Crippen LogP contribution in [0, 0.1) is 13.8 Å². The third-order valence-electron chi connectivity index (χ3n) is 7.13. The number of thiophene rings is 2. The smallest absolute Gasteiger partial charge is 0.406 e. The predicted molar refractivity (Wildman–Crippen MR) is 148 cm³/mol. The van der Waals surface area contributed by atoms with Crippen LogP contribution in [0.1, 0.15) is 52.5 Å². The topological polar surface area (TPSA) is 44.8 Å². The van der Waals surface area contributed by atoms with Gasteiger partial charge in [-0.2, -0.15) is 11.3 Å². The Labute approximate surface area is 230 Å². The van der Waals surface area contributed by atoms with Gasteiger partial charge in [0.25, 0.3) is 5.91 Å². The molecule has 1 fully saturated rings. The fourth-order valence-corrected chi connectivity index (χ4v) is 6.57. The second kappa shape index (κ2) is 12.5. The predicted octanol–water partition coefficient (Wildman–Crippen LogP) is 7.00. The molecule has 3 aromatic rings. The van der Waals surface area contributed by atoms with E-state index in [0.717, 1.165) is 54.0 Å². The molecule has 206 valence electrons. The van der Waals surface area contributed by atoms with Crippen molar-refractivity contribution in [2.45, 2.75) is 65.0 Å². The van der Waals surface area contributed by atoms with Crippen molar-refractivity contribution in [2.75, 3.05) is 24.5 Å². The van der Waals surface area contributed by atoms with Crippen LogP contribution in [0.15, 0.2) is 46.5 Å². The van der Waals surface area contributed by atoms with Gasteiger partial charge >= 0.3 is 6.36 Å². The highest BCUT2D eigenvalue weighted by Crippen LogP contribution is 2.30. The molecule has 3 heterocycles. The largest absolute Gasteiger partial charge is 0.573 e. The van der Waals surface area contributed by atoms with E-state index in [1.807, 2.05) is 24.6 Å². The highest BCUT2D eigenvalue weighted by atomic mass is 32.1. The van der Waals surface area contributed by atoms with Crippen molar-refractivity contribution in [2.24, 2.45) is 0 Å². The van der Waals surface area contributed by atoms with E-state index in [1.54, 1.807) is 34.8 Å². The molecule has 4 rings (SSSR count). The average Bonchev–Trinajstić information content (AvgIpc) is 3.51. The zero-order valence-corrected chi connectivity index (χ0v) is 23.5. The summed E-state index contributed by atoms with van der Waals surface area (Å²) in [6.07, 6.45) is -1.92. The maximum Gasteiger partial charge on any atom is 0.573 e. The molecule has 0 spiro atoms. The highest BCUT2D eigenvalue weighted by Gasteiger charge is 2.31. The Morgan fingerprint density at radius 3 is 2.45 bits per heavy atom. The first-order chi connectivity index (χ1) is 18.1. The first-order valence-corrected chi connectivity index (χ1v) is 14.6. The van der Waals surface area contributed by atoms with Crippen LogP contribution in [0.25, 0.3) is 0 Å². The lowest BCUT2D eigenvalue weighted by atomic mass is 9.99. The van der Waals surface area contributed by atoms with Crippen molar-refractivity contribution in [1.82, 2.24) is 10.2 Å². The third-order valence-corrected chi connectivity index (χ3v) is 8.89. The summed E-state index contributed by atoms with van der Waals surface area (Å²) in [7, 11) is 0. The minimum absolute atomic E-state index is 0.00267. The Balaban J connectivity index is 1.32. The number of nitrogens with zero attached hydrogens (tertiary/aromatic N) is 2. The van der Waals surface area contributed by atoms with E-state index in [2.05, 4.69) is 38.2 Å². The molecule has 10 heteroatoms. The van der Waals surface area contributed by atoms with Gasteiger partial charge in [-0.15, -0.1) is 24.5 Å². The van der Waals surface area contributed by atoms with E-state index in [1.165, 1.54) is 17.7 Å². The second-order valence-electron chi connectivity index (χ2n) is 9.81. The number of alkyl halides is 3. The number of rotatable bonds is 10. The summed E-state index contributed by atoms with van der Waals surface area (Å²) in [5.74, 6) is -0.209. The van der Waals surface area contributed by atoms with Crippen LogP contribution in [-0.2, 0) is 6.54 Å². The number of hydrogen-bond acceptors (Lipinski definition) is 6. The number of hydrogen-bond donors (Lipinski definition) is 1. The van der Waals surface area contributed by atoms with Gasteiger partial charge < -0.3 is 19.9 Å². The number of piperidine rings is 1. The number of nitrogens with one attached hydrogen (secondary N) is 1. The zero-order valence-electron chi connectivity index (χ0n) is 21.9. The Morgan fingerprint density at radius 1 is 1.16 bits per heavy atom. The molecule has 1 atom stereocenters. The van der Waals surface area contributed by atoms with Crippen molar-refractivity contribution in [3.8, 4) is 5.75 Å². The van der Waals surface area contributed by atoms with Gasteiger partial charge in [0.1, 0.15) is 5.75 Å².